The molecule has 0 radical (unpaired) electrons. The Morgan fingerprint density at radius 2 is 1.44 bits per heavy atom. The molecular weight excluding hydrogens is 360 g/mol. The van der Waals surface area contributed by atoms with Crippen LogP contribution in [0.2, 0.25) is 0 Å². The first-order valence-corrected chi connectivity index (χ1v) is 10.7. The summed E-state index contributed by atoms with van der Waals surface area (Å²) in [7, 11) is -3.76. The number of benzene rings is 1. The van der Waals surface area contributed by atoms with Gasteiger partial charge in [0.25, 0.3) is 0 Å². The Kier molecular flexibility index (Phi) is 5.11. The average Bonchev–Trinajstić information content (AvgIpc) is 2.42. The quantitative estimate of drug-likeness (QED) is 0.728. The van der Waals surface area contributed by atoms with E-state index < -0.39 is 31.3 Å². The number of sulfone groups is 1. The van der Waals surface area contributed by atoms with Gasteiger partial charge in [-0.1, -0.05) is 61.5 Å². The molecule has 5 heteroatoms. The third kappa shape index (κ3) is 3.93. The Balaban J connectivity index is 2.85. The number of hydrogen-bond acceptors (Lipinski definition) is 4. The number of aromatic hydroxyl groups is 1. The third-order valence-corrected chi connectivity index (χ3v) is 7.37. The summed E-state index contributed by atoms with van der Waals surface area (Å²) in [5, 5.41) is 19.6. The van der Waals surface area contributed by atoms with Crippen molar-refractivity contribution in [3.63, 3.8) is 0 Å². The van der Waals surface area contributed by atoms with Gasteiger partial charge in [0.15, 0.2) is 9.84 Å². The standard InChI is InChI=1S/C22H32O4S/c1-20(2,3)18-15(24)10-11-16(19(18)21(4,5)6)27(25,26)17-12-9-14(23)13-22(17,7)8/h9-13,17,23-24H,1-8H3. The normalized spacial score (nSPS) is 20.4. The zero-order chi connectivity index (χ0) is 21.0. The van der Waals surface area contributed by atoms with Gasteiger partial charge in [-0.2, -0.15) is 0 Å². The second-order valence-electron chi connectivity index (χ2n) is 10.0. The maximum Gasteiger partial charge on any atom is 0.185 e. The van der Waals surface area contributed by atoms with Gasteiger partial charge in [0, 0.05) is 11.0 Å². The average molecular weight is 393 g/mol. The van der Waals surface area contributed by atoms with Crippen molar-refractivity contribution in [1.82, 2.24) is 0 Å². The predicted molar refractivity (Wildman–Crippen MR) is 110 cm³/mol. The topological polar surface area (TPSA) is 74.6 Å². The molecule has 1 unspecified atom stereocenters. The van der Waals surface area contributed by atoms with Crippen molar-refractivity contribution in [1.29, 1.82) is 0 Å². The van der Waals surface area contributed by atoms with Crippen molar-refractivity contribution in [3.05, 3.63) is 47.2 Å². The highest BCUT2D eigenvalue weighted by atomic mass is 32.2. The molecule has 0 fully saturated rings. The molecule has 1 aromatic carbocycles. The second kappa shape index (κ2) is 6.40. The minimum absolute atomic E-state index is 0.0728. The molecule has 1 aliphatic carbocycles. The van der Waals surface area contributed by atoms with E-state index in [1.165, 1.54) is 18.2 Å². The maximum atomic E-state index is 13.7. The smallest absolute Gasteiger partial charge is 0.185 e. The van der Waals surface area contributed by atoms with E-state index in [9.17, 15) is 18.6 Å². The molecule has 0 heterocycles. The van der Waals surface area contributed by atoms with E-state index in [0.29, 0.717) is 11.1 Å². The Morgan fingerprint density at radius 3 is 1.89 bits per heavy atom. The van der Waals surface area contributed by atoms with Crippen LogP contribution in [-0.4, -0.2) is 23.9 Å². The molecule has 0 bridgehead atoms. The summed E-state index contributed by atoms with van der Waals surface area (Å²) in [6.45, 7) is 15.4. The van der Waals surface area contributed by atoms with E-state index in [-0.39, 0.29) is 16.4 Å². The summed E-state index contributed by atoms with van der Waals surface area (Å²) in [5.74, 6) is 0.186. The summed E-state index contributed by atoms with van der Waals surface area (Å²) < 4.78 is 27.4. The highest BCUT2D eigenvalue weighted by molar-refractivity contribution is 7.92. The summed E-state index contributed by atoms with van der Waals surface area (Å²) >= 11 is 0. The van der Waals surface area contributed by atoms with Gasteiger partial charge < -0.3 is 10.2 Å². The van der Waals surface area contributed by atoms with Crippen molar-refractivity contribution in [3.8, 4) is 5.75 Å². The van der Waals surface area contributed by atoms with Crippen LogP contribution in [0.3, 0.4) is 0 Å². The van der Waals surface area contributed by atoms with Crippen LogP contribution >= 0.6 is 0 Å². The van der Waals surface area contributed by atoms with E-state index in [1.807, 2.05) is 41.5 Å². The summed E-state index contributed by atoms with van der Waals surface area (Å²) in [5.41, 5.74) is -0.351. The highest BCUT2D eigenvalue weighted by Gasteiger charge is 2.43. The van der Waals surface area contributed by atoms with Crippen molar-refractivity contribution in [2.75, 3.05) is 0 Å². The van der Waals surface area contributed by atoms with Gasteiger partial charge in [0.05, 0.1) is 10.1 Å². The van der Waals surface area contributed by atoms with E-state index in [0.717, 1.165) is 0 Å². The number of aliphatic hydroxyl groups excluding tert-OH is 1. The van der Waals surface area contributed by atoms with E-state index in [1.54, 1.807) is 26.0 Å². The first-order valence-electron chi connectivity index (χ1n) is 9.20. The van der Waals surface area contributed by atoms with Crippen LogP contribution in [0.25, 0.3) is 0 Å². The van der Waals surface area contributed by atoms with E-state index in [4.69, 9.17) is 0 Å². The maximum absolute atomic E-state index is 13.7. The van der Waals surface area contributed by atoms with Gasteiger partial charge in [-0.15, -0.1) is 0 Å². The monoisotopic (exact) mass is 392 g/mol. The fraction of sp³-hybridized carbons (Fsp3) is 0.545. The number of allylic oxidation sites excluding steroid dienone is 2. The zero-order valence-corrected chi connectivity index (χ0v) is 18.4. The van der Waals surface area contributed by atoms with Gasteiger partial charge in [0.2, 0.25) is 0 Å². The van der Waals surface area contributed by atoms with Gasteiger partial charge in [-0.25, -0.2) is 8.42 Å². The number of hydrogen-bond donors (Lipinski definition) is 2. The minimum Gasteiger partial charge on any atom is -0.508 e. The molecule has 1 aromatic rings. The van der Waals surface area contributed by atoms with Crippen LogP contribution in [-0.2, 0) is 20.7 Å². The second-order valence-corrected chi connectivity index (χ2v) is 12.1. The van der Waals surface area contributed by atoms with Gasteiger partial charge in [0.1, 0.15) is 11.5 Å². The molecule has 0 amide bonds. The molecule has 150 valence electrons. The molecule has 2 rings (SSSR count). The molecule has 0 saturated carbocycles. The molecular formula is C22H32O4S. The molecule has 0 aromatic heterocycles. The van der Waals surface area contributed by atoms with Gasteiger partial charge >= 0.3 is 0 Å². The lowest BCUT2D eigenvalue weighted by atomic mass is 9.75. The van der Waals surface area contributed by atoms with Crippen LogP contribution in [0.15, 0.2) is 41.0 Å². The van der Waals surface area contributed by atoms with Crippen LogP contribution < -0.4 is 0 Å². The van der Waals surface area contributed by atoms with Crippen LogP contribution in [0, 0.1) is 5.41 Å². The van der Waals surface area contributed by atoms with Crippen LogP contribution in [0.5, 0.6) is 5.75 Å². The first-order chi connectivity index (χ1) is 12.0. The molecule has 27 heavy (non-hydrogen) atoms. The van der Waals surface area contributed by atoms with E-state index in [2.05, 4.69) is 0 Å². The number of phenolic OH excluding ortho intramolecular Hbond substituents is 1. The molecule has 0 aliphatic heterocycles. The van der Waals surface area contributed by atoms with Crippen molar-refractivity contribution in [2.45, 2.75) is 76.4 Å². The van der Waals surface area contributed by atoms with Crippen molar-refractivity contribution >= 4 is 9.84 Å². The zero-order valence-electron chi connectivity index (χ0n) is 17.6. The minimum atomic E-state index is -3.76. The lowest BCUT2D eigenvalue weighted by Crippen LogP contribution is -2.37. The fourth-order valence-corrected chi connectivity index (χ4v) is 6.28. The molecule has 2 N–H and O–H groups in total. The third-order valence-electron chi connectivity index (χ3n) is 4.98. The number of aliphatic hydroxyl groups is 1. The van der Waals surface area contributed by atoms with Gasteiger partial charge in [-0.3, -0.25) is 0 Å². The summed E-state index contributed by atoms with van der Waals surface area (Å²) in [6.07, 6.45) is 4.58. The van der Waals surface area contributed by atoms with Gasteiger partial charge in [-0.05, 0) is 40.7 Å². The molecule has 1 atom stereocenters. The largest absolute Gasteiger partial charge is 0.508 e. The Hall–Kier alpha value is -1.75. The molecule has 0 saturated heterocycles. The lowest BCUT2D eigenvalue weighted by Gasteiger charge is -2.36. The Labute approximate surface area is 163 Å². The van der Waals surface area contributed by atoms with Crippen LogP contribution in [0.4, 0.5) is 0 Å². The number of rotatable bonds is 2. The van der Waals surface area contributed by atoms with Crippen LogP contribution in [0.1, 0.15) is 66.5 Å². The molecule has 1 aliphatic rings. The van der Waals surface area contributed by atoms with Crippen molar-refractivity contribution in [2.24, 2.45) is 5.41 Å². The van der Waals surface area contributed by atoms with E-state index >= 15 is 0 Å². The Bertz CT molecular complexity index is 905. The SMILES string of the molecule is CC(C)(C)c1c(O)ccc(S(=O)(=O)C2C=CC(O)=CC2(C)C)c1C(C)(C)C. The van der Waals surface area contributed by atoms with Crippen molar-refractivity contribution < 1.29 is 18.6 Å². The summed E-state index contributed by atoms with van der Waals surface area (Å²) in [6, 6.07) is 3.00. The molecule has 0 spiro atoms. The Morgan fingerprint density at radius 1 is 0.926 bits per heavy atom. The summed E-state index contributed by atoms with van der Waals surface area (Å²) in [4.78, 5) is 0.246. The predicted octanol–water partition coefficient (Wildman–Crippen LogP) is 5.17. The lowest BCUT2D eigenvalue weighted by molar-refractivity contribution is 0.387. The first kappa shape index (κ1) is 21.5. The highest BCUT2D eigenvalue weighted by Crippen LogP contribution is 2.45. The fourth-order valence-electron chi connectivity index (χ4n) is 3.90. The number of phenols is 1. The molecule has 4 nitrogen and oxygen atoms in total.